The third kappa shape index (κ3) is 2.70. The highest BCUT2D eigenvalue weighted by Crippen LogP contribution is 2.35. The summed E-state index contributed by atoms with van der Waals surface area (Å²) in [7, 11) is 0. The van der Waals surface area contributed by atoms with Gasteiger partial charge in [0, 0.05) is 25.3 Å². The van der Waals surface area contributed by atoms with Crippen molar-refractivity contribution in [3.63, 3.8) is 0 Å². The van der Waals surface area contributed by atoms with Crippen LogP contribution in [0.4, 0.5) is 4.39 Å². The Balaban J connectivity index is 1.64. The van der Waals surface area contributed by atoms with Gasteiger partial charge in [-0.25, -0.2) is 4.39 Å². The summed E-state index contributed by atoms with van der Waals surface area (Å²) < 4.78 is 19.2. The average molecular weight is 277 g/mol. The Morgan fingerprint density at radius 1 is 1.20 bits per heavy atom. The number of benzene rings is 1. The molecule has 1 amide bonds. The maximum absolute atomic E-state index is 13.2. The van der Waals surface area contributed by atoms with Crippen LogP contribution >= 0.6 is 0 Å². The molecule has 0 saturated carbocycles. The molecule has 0 unspecified atom stereocenters. The number of likely N-dealkylation sites (tertiary alicyclic amines) is 1. The Labute approximate surface area is 118 Å². The van der Waals surface area contributed by atoms with Crippen LogP contribution in [0, 0.1) is 5.82 Å². The van der Waals surface area contributed by atoms with E-state index < -0.39 is 0 Å². The summed E-state index contributed by atoms with van der Waals surface area (Å²) in [6.45, 7) is 2.25. The molecule has 3 rings (SSSR count). The van der Waals surface area contributed by atoms with Gasteiger partial charge >= 0.3 is 0 Å². The topological polar surface area (TPSA) is 29.5 Å². The lowest BCUT2D eigenvalue weighted by molar-refractivity contribution is -0.107. The lowest BCUT2D eigenvalue weighted by Crippen LogP contribution is -2.49. The molecule has 2 fully saturated rings. The summed E-state index contributed by atoms with van der Waals surface area (Å²) in [6, 6.07) is 5.92. The Morgan fingerprint density at radius 2 is 2.00 bits per heavy atom. The predicted molar refractivity (Wildman–Crippen MR) is 74.1 cm³/mol. The number of piperidine rings is 1. The molecule has 0 bridgehead atoms. The molecule has 0 atom stereocenters. The summed E-state index contributed by atoms with van der Waals surface area (Å²) in [5.74, 6) is -0.435. The Bertz CT molecular complexity index is 487. The SMILES string of the molecule is O=C(c1cccc(F)c1)N1CCC2(CCCCO2)CC1. The fourth-order valence-electron chi connectivity index (χ4n) is 3.23. The van der Waals surface area contributed by atoms with Gasteiger partial charge in [0.05, 0.1) is 5.60 Å². The molecule has 1 spiro atoms. The molecule has 0 aromatic heterocycles. The van der Waals surface area contributed by atoms with Crippen LogP contribution in [0.25, 0.3) is 0 Å². The van der Waals surface area contributed by atoms with Gasteiger partial charge in [-0.1, -0.05) is 6.07 Å². The molecule has 3 nitrogen and oxygen atoms in total. The van der Waals surface area contributed by atoms with E-state index in [4.69, 9.17) is 4.74 Å². The highest BCUT2D eigenvalue weighted by molar-refractivity contribution is 5.94. The first kappa shape index (κ1) is 13.6. The summed E-state index contributed by atoms with van der Waals surface area (Å²) in [6.07, 6.45) is 5.27. The fraction of sp³-hybridized carbons (Fsp3) is 0.562. The molecule has 0 N–H and O–H groups in total. The number of ether oxygens (including phenoxy) is 1. The van der Waals surface area contributed by atoms with E-state index in [0.717, 1.165) is 32.3 Å². The second kappa shape index (κ2) is 5.52. The lowest BCUT2D eigenvalue weighted by Gasteiger charge is -2.44. The second-order valence-corrected chi connectivity index (χ2v) is 5.79. The molecule has 1 aromatic carbocycles. The van der Waals surface area contributed by atoms with E-state index in [0.29, 0.717) is 18.7 Å². The third-order valence-corrected chi connectivity index (χ3v) is 4.47. The van der Waals surface area contributed by atoms with Crippen LogP contribution in [0.2, 0.25) is 0 Å². The smallest absolute Gasteiger partial charge is 0.253 e. The summed E-state index contributed by atoms with van der Waals surface area (Å²) in [5, 5.41) is 0. The molecule has 0 aliphatic carbocycles. The van der Waals surface area contributed by atoms with E-state index in [1.807, 2.05) is 4.90 Å². The molecule has 0 radical (unpaired) electrons. The number of carbonyl (C=O) groups is 1. The van der Waals surface area contributed by atoms with Crippen molar-refractivity contribution in [3.05, 3.63) is 35.6 Å². The van der Waals surface area contributed by atoms with Crippen molar-refractivity contribution in [2.75, 3.05) is 19.7 Å². The number of hydrogen-bond acceptors (Lipinski definition) is 2. The van der Waals surface area contributed by atoms with E-state index in [-0.39, 0.29) is 17.3 Å². The van der Waals surface area contributed by atoms with E-state index in [2.05, 4.69) is 0 Å². The standard InChI is InChI=1S/C16H20FNO2/c17-14-5-3-4-13(12-14)15(19)18-9-7-16(8-10-18)6-1-2-11-20-16/h3-5,12H,1-2,6-11H2. The quantitative estimate of drug-likeness (QED) is 0.789. The summed E-state index contributed by atoms with van der Waals surface area (Å²) in [4.78, 5) is 14.2. The largest absolute Gasteiger partial charge is 0.375 e. The molecular weight excluding hydrogens is 257 g/mol. The molecule has 2 aliphatic rings. The molecule has 108 valence electrons. The van der Waals surface area contributed by atoms with Crippen molar-refractivity contribution in [2.45, 2.75) is 37.7 Å². The molecule has 1 aromatic rings. The minimum atomic E-state index is -0.361. The zero-order chi connectivity index (χ0) is 14.0. The monoisotopic (exact) mass is 277 g/mol. The first-order valence-corrected chi connectivity index (χ1v) is 7.37. The van der Waals surface area contributed by atoms with E-state index in [1.54, 1.807) is 12.1 Å². The Kier molecular flexibility index (Phi) is 3.74. The van der Waals surface area contributed by atoms with E-state index >= 15 is 0 Å². The number of halogens is 1. The predicted octanol–water partition coefficient (Wildman–Crippen LogP) is 3.00. The van der Waals surface area contributed by atoms with E-state index in [1.165, 1.54) is 18.6 Å². The minimum Gasteiger partial charge on any atom is -0.375 e. The number of carbonyl (C=O) groups excluding carboxylic acids is 1. The highest BCUT2D eigenvalue weighted by atomic mass is 19.1. The van der Waals surface area contributed by atoms with Crippen molar-refractivity contribution in [3.8, 4) is 0 Å². The van der Waals surface area contributed by atoms with Crippen molar-refractivity contribution in [2.24, 2.45) is 0 Å². The summed E-state index contributed by atoms with van der Waals surface area (Å²) >= 11 is 0. The van der Waals surface area contributed by atoms with Crippen LogP contribution in [0.5, 0.6) is 0 Å². The van der Waals surface area contributed by atoms with Crippen LogP contribution in [-0.2, 0) is 4.74 Å². The number of hydrogen-bond donors (Lipinski definition) is 0. The Morgan fingerprint density at radius 3 is 2.65 bits per heavy atom. The zero-order valence-electron chi connectivity index (χ0n) is 11.6. The van der Waals surface area contributed by atoms with Gasteiger partial charge in [-0.3, -0.25) is 4.79 Å². The van der Waals surface area contributed by atoms with Crippen molar-refractivity contribution < 1.29 is 13.9 Å². The normalized spacial score (nSPS) is 21.9. The second-order valence-electron chi connectivity index (χ2n) is 5.79. The van der Waals surface area contributed by atoms with Gasteiger partial charge in [0.25, 0.3) is 5.91 Å². The van der Waals surface area contributed by atoms with Crippen molar-refractivity contribution in [1.82, 2.24) is 4.90 Å². The third-order valence-electron chi connectivity index (χ3n) is 4.47. The fourth-order valence-corrected chi connectivity index (χ4v) is 3.23. The van der Waals surface area contributed by atoms with Gasteiger partial charge in [-0.05, 0) is 50.3 Å². The van der Waals surface area contributed by atoms with Gasteiger partial charge in [0.15, 0.2) is 0 Å². The van der Waals surface area contributed by atoms with Gasteiger partial charge in [-0.2, -0.15) is 0 Å². The maximum Gasteiger partial charge on any atom is 0.253 e. The molecule has 2 heterocycles. The van der Waals surface area contributed by atoms with Gasteiger partial charge in [0.2, 0.25) is 0 Å². The number of nitrogens with zero attached hydrogens (tertiary/aromatic N) is 1. The number of rotatable bonds is 1. The van der Waals surface area contributed by atoms with Crippen LogP contribution in [0.15, 0.2) is 24.3 Å². The van der Waals surface area contributed by atoms with Crippen LogP contribution in [0.3, 0.4) is 0 Å². The molecule has 2 aliphatic heterocycles. The van der Waals surface area contributed by atoms with Crippen LogP contribution in [-0.4, -0.2) is 36.1 Å². The van der Waals surface area contributed by atoms with Gasteiger partial charge in [-0.15, -0.1) is 0 Å². The number of amides is 1. The average Bonchev–Trinajstić information content (AvgIpc) is 2.48. The van der Waals surface area contributed by atoms with Gasteiger partial charge < -0.3 is 9.64 Å². The molecule has 20 heavy (non-hydrogen) atoms. The minimum absolute atomic E-state index is 0.00301. The van der Waals surface area contributed by atoms with Crippen molar-refractivity contribution >= 4 is 5.91 Å². The highest BCUT2D eigenvalue weighted by Gasteiger charge is 2.38. The van der Waals surface area contributed by atoms with Crippen LogP contribution < -0.4 is 0 Å². The Hall–Kier alpha value is -1.42. The van der Waals surface area contributed by atoms with Gasteiger partial charge in [0.1, 0.15) is 5.82 Å². The first-order chi connectivity index (χ1) is 9.69. The zero-order valence-corrected chi connectivity index (χ0v) is 11.6. The lowest BCUT2D eigenvalue weighted by atomic mass is 9.84. The molecule has 2 saturated heterocycles. The first-order valence-electron chi connectivity index (χ1n) is 7.37. The van der Waals surface area contributed by atoms with Crippen molar-refractivity contribution in [1.29, 1.82) is 0 Å². The molecule has 4 heteroatoms. The molecular formula is C16H20FNO2. The summed E-state index contributed by atoms with van der Waals surface area (Å²) in [5.41, 5.74) is 0.433. The van der Waals surface area contributed by atoms with E-state index in [9.17, 15) is 9.18 Å². The van der Waals surface area contributed by atoms with Crippen LogP contribution in [0.1, 0.15) is 42.5 Å². The maximum atomic E-state index is 13.2.